The van der Waals surface area contributed by atoms with Gasteiger partial charge in [-0.3, -0.25) is 4.98 Å². The standard InChI is InChI=1S/C19H10F6N6/c20-18(21,22)10-3-5-11(6-4-10)29-14-9-28-31-17-16(14)27-8-13(30-17)15-12(19(23,24)25)2-1-7-26-15/h1-9H,(H,29,30,31). The van der Waals surface area contributed by atoms with E-state index in [-0.39, 0.29) is 22.5 Å². The van der Waals surface area contributed by atoms with Crippen LogP contribution in [0.2, 0.25) is 0 Å². The summed E-state index contributed by atoms with van der Waals surface area (Å²) < 4.78 is 77.9. The van der Waals surface area contributed by atoms with Gasteiger partial charge in [0.1, 0.15) is 16.9 Å². The van der Waals surface area contributed by atoms with Gasteiger partial charge in [-0.2, -0.15) is 31.4 Å². The molecule has 4 rings (SSSR count). The van der Waals surface area contributed by atoms with Crippen molar-refractivity contribution in [2.24, 2.45) is 0 Å². The zero-order valence-electron chi connectivity index (χ0n) is 15.2. The number of halogens is 6. The van der Waals surface area contributed by atoms with Gasteiger partial charge in [-0.15, -0.1) is 5.10 Å². The molecule has 0 radical (unpaired) electrons. The third kappa shape index (κ3) is 4.22. The number of hydrogen-bond acceptors (Lipinski definition) is 6. The first kappa shape index (κ1) is 20.4. The lowest BCUT2D eigenvalue weighted by atomic mass is 10.1. The minimum absolute atomic E-state index is 0.0619. The normalized spacial score (nSPS) is 12.2. The number of nitrogens with zero attached hydrogens (tertiary/aromatic N) is 5. The zero-order valence-corrected chi connectivity index (χ0v) is 15.2. The predicted molar refractivity (Wildman–Crippen MR) is 98.1 cm³/mol. The lowest BCUT2D eigenvalue weighted by molar-refractivity contribution is -0.138. The van der Waals surface area contributed by atoms with Crippen molar-refractivity contribution in [3.63, 3.8) is 0 Å². The Kier molecular flexibility index (Phi) is 4.91. The maximum Gasteiger partial charge on any atom is 0.418 e. The third-order valence-electron chi connectivity index (χ3n) is 4.20. The van der Waals surface area contributed by atoms with Crippen LogP contribution in [-0.4, -0.2) is 25.1 Å². The van der Waals surface area contributed by atoms with Gasteiger partial charge in [0.2, 0.25) is 5.65 Å². The van der Waals surface area contributed by atoms with Gasteiger partial charge < -0.3 is 5.32 Å². The second kappa shape index (κ2) is 7.45. The molecule has 0 aliphatic rings. The van der Waals surface area contributed by atoms with Crippen LogP contribution in [0.1, 0.15) is 11.1 Å². The molecule has 0 unspecified atom stereocenters. The smallest absolute Gasteiger partial charge is 0.352 e. The maximum atomic E-state index is 13.3. The molecule has 12 heteroatoms. The molecular formula is C19H10F6N6. The van der Waals surface area contributed by atoms with Crippen molar-refractivity contribution in [3.05, 3.63) is 66.1 Å². The number of alkyl halides is 6. The average Bonchev–Trinajstić information content (AvgIpc) is 2.73. The lowest BCUT2D eigenvalue weighted by Gasteiger charge is -2.12. The summed E-state index contributed by atoms with van der Waals surface area (Å²) >= 11 is 0. The van der Waals surface area contributed by atoms with E-state index in [0.29, 0.717) is 5.69 Å². The largest absolute Gasteiger partial charge is 0.418 e. The number of pyridine rings is 1. The Morgan fingerprint density at radius 2 is 1.55 bits per heavy atom. The van der Waals surface area contributed by atoms with Crippen molar-refractivity contribution in [3.8, 4) is 11.4 Å². The lowest BCUT2D eigenvalue weighted by Crippen LogP contribution is -2.09. The highest BCUT2D eigenvalue weighted by Gasteiger charge is 2.35. The monoisotopic (exact) mass is 436 g/mol. The van der Waals surface area contributed by atoms with Crippen LogP contribution in [0.15, 0.2) is 55.0 Å². The number of hydrogen-bond donors (Lipinski definition) is 1. The van der Waals surface area contributed by atoms with E-state index in [4.69, 9.17) is 0 Å². The fourth-order valence-electron chi connectivity index (χ4n) is 2.78. The van der Waals surface area contributed by atoms with Crippen LogP contribution in [0, 0.1) is 0 Å². The van der Waals surface area contributed by atoms with Crippen molar-refractivity contribution in [2.75, 3.05) is 5.32 Å². The quantitative estimate of drug-likeness (QED) is 0.442. The average molecular weight is 436 g/mol. The fraction of sp³-hybridized carbons (Fsp3) is 0.105. The molecule has 0 spiro atoms. The van der Waals surface area contributed by atoms with Gasteiger partial charge >= 0.3 is 12.4 Å². The summed E-state index contributed by atoms with van der Waals surface area (Å²) in [5.41, 5.74) is -1.66. The summed E-state index contributed by atoms with van der Waals surface area (Å²) in [6.45, 7) is 0. The van der Waals surface area contributed by atoms with Gasteiger partial charge in [0.15, 0.2) is 0 Å². The molecule has 0 atom stereocenters. The molecule has 31 heavy (non-hydrogen) atoms. The molecule has 0 aliphatic carbocycles. The molecule has 3 aromatic heterocycles. The van der Waals surface area contributed by atoms with Gasteiger partial charge in [0.25, 0.3) is 0 Å². The van der Waals surface area contributed by atoms with Gasteiger partial charge in [-0.05, 0) is 36.4 Å². The summed E-state index contributed by atoms with van der Waals surface area (Å²) in [6.07, 6.45) is -5.52. The minimum atomic E-state index is -4.64. The fourth-order valence-corrected chi connectivity index (χ4v) is 2.78. The third-order valence-corrected chi connectivity index (χ3v) is 4.20. The number of nitrogens with one attached hydrogen (secondary N) is 1. The van der Waals surface area contributed by atoms with Crippen LogP contribution in [0.25, 0.3) is 22.6 Å². The van der Waals surface area contributed by atoms with Crippen LogP contribution >= 0.6 is 0 Å². The first-order valence-corrected chi connectivity index (χ1v) is 8.58. The number of benzene rings is 1. The highest BCUT2D eigenvalue weighted by Crippen LogP contribution is 2.35. The Balaban J connectivity index is 1.70. The van der Waals surface area contributed by atoms with Crippen LogP contribution in [0.5, 0.6) is 0 Å². The van der Waals surface area contributed by atoms with E-state index in [1.54, 1.807) is 0 Å². The number of aromatic nitrogens is 5. The highest BCUT2D eigenvalue weighted by atomic mass is 19.4. The second-order valence-electron chi connectivity index (χ2n) is 6.28. The van der Waals surface area contributed by atoms with Crippen molar-refractivity contribution in [1.82, 2.24) is 25.1 Å². The number of rotatable bonds is 3. The molecule has 0 saturated heterocycles. The maximum absolute atomic E-state index is 13.3. The molecular weight excluding hydrogens is 426 g/mol. The van der Waals surface area contributed by atoms with Crippen LogP contribution < -0.4 is 5.32 Å². The molecule has 0 aliphatic heterocycles. The van der Waals surface area contributed by atoms with E-state index < -0.39 is 29.2 Å². The molecule has 1 aromatic carbocycles. The van der Waals surface area contributed by atoms with Crippen molar-refractivity contribution in [1.29, 1.82) is 0 Å². The van der Waals surface area contributed by atoms with Gasteiger partial charge in [-0.1, -0.05) is 0 Å². The second-order valence-corrected chi connectivity index (χ2v) is 6.28. The summed E-state index contributed by atoms with van der Waals surface area (Å²) in [5, 5.41) is 10.4. The molecule has 1 N–H and O–H groups in total. The van der Waals surface area contributed by atoms with Crippen LogP contribution in [0.3, 0.4) is 0 Å². The molecule has 0 fully saturated rings. The topological polar surface area (TPSA) is 76.5 Å². The minimum Gasteiger partial charge on any atom is -0.352 e. The Labute approximate surface area is 170 Å². The summed E-state index contributed by atoms with van der Waals surface area (Å²) in [6, 6.07) is 6.29. The first-order chi connectivity index (χ1) is 14.6. The zero-order chi connectivity index (χ0) is 22.2. The SMILES string of the molecule is FC(F)(F)c1ccc(Nc2cnnc3nc(-c4ncccc4C(F)(F)F)cnc23)cc1. The molecule has 0 saturated carbocycles. The number of anilines is 2. The molecule has 0 amide bonds. The van der Waals surface area contributed by atoms with E-state index in [0.717, 1.165) is 30.5 Å². The van der Waals surface area contributed by atoms with Gasteiger partial charge in [0.05, 0.1) is 29.2 Å². The van der Waals surface area contributed by atoms with Gasteiger partial charge in [0, 0.05) is 11.9 Å². The van der Waals surface area contributed by atoms with Crippen molar-refractivity contribution in [2.45, 2.75) is 12.4 Å². The summed E-state index contributed by atoms with van der Waals surface area (Å²) in [4.78, 5) is 12.0. The first-order valence-electron chi connectivity index (χ1n) is 8.58. The van der Waals surface area contributed by atoms with Gasteiger partial charge in [-0.25, -0.2) is 9.97 Å². The van der Waals surface area contributed by atoms with E-state index in [1.807, 2.05) is 0 Å². The summed E-state index contributed by atoms with van der Waals surface area (Å²) in [7, 11) is 0. The van der Waals surface area contributed by atoms with Crippen LogP contribution in [0.4, 0.5) is 37.7 Å². The predicted octanol–water partition coefficient (Wildman–Crippen LogP) is 5.26. The molecule has 4 aromatic rings. The Morgan fingerprint density at radius 3 is 2.23 bits per heavy atom. The Hall–Kier alpha value is -3.83. The summed E-state index contributed by atoms with van der Waals surface area (Å²) in [5.74, 6) is 0. The number of fused-ring (bicyclic) bond motifs is 1. The molecule has 6 nitrogen and oxygen atoms in total. The molecule has 3 heterocycles. The molecule has 158 valence electrons. The van der Waals surface area contributed by atoms with Crippen molar-refractivity contribution < 1.29 is 26.3 Å². The van der Waals surface area contributed by atoms with E-state index >= 15 is 0 Å². The molecule has 0 bridgehead atoms. The van der Waals surface area contributed by atoms with E-state index in [9.17, 15) is 26.3 Å². The van der Waals surface area contributed by atoms with E-state index in [1.165, 1.54) is 24.5 Å². The van der Waals surface area contributed by atoms with Crippen molar-refractivity contribution >= 4 is 22.5 Å². The Morgan fingerprint density at radius 1 is 0.806 bits per heavy atom. The Bertz CT molecular complexity index is 1240. The van der Waals surface area contributed by atoms with E-state index in [2.05, 4.69) is 30.5 Å². The highest BCUT2D eigenvalue weighted by molar-refractivity contribution is 5.87. The van der Waals surface area contributed by atoms with Crippen LogP contribution in [-0.2, 0) is 12.4 Å².